The van der Waals surface area contributed by atoms with E-state index < -0.39 is 63.9 Å². The van der Waals surface area contributed by atoms with Gasteiger partial charge in [-0.25, -0.2) is 4.39 Å². The lowest BCUT2D eigenvalue weighted by Crippen LogP contribution is -2.51. The highest BCUT2D eigenvalue weighted by molar-refractivity contribution is 6.64. The number of piperidine rings is 1. The number of carbonyl (C=O) groups excluding carboxylic acids is 2. The second-order valence-electron chi connectivity index (χ2n) is 15.4. The summed E-state index contributed by atoms with van der Waals surface area (Å²) >= 11 is 5.76. The number of hydrogen-bond donors (Lipinski definition) is 1. The van der Waals surface area contributed by atoms with E-state index in [0.717, 1.165) is 31.8 Å². The molecule has 0 spiro atoms. The molecule has 3 saturated heterocycles. The summed E-state index contributed by atoms with van der Waals surface area (Å²) in [6, 6.07) is 6.71. The van der Waals surface area contributed by atoms with Gasteiger partial charge < -0.3 is 14.7 Å². The number of amides is 1. The molecule has 3 heterocycles. The number of methoxy groups -OCH3 is 1. The number of aliphatic hydroxyl groups is 1. The van der Waals surface area contributed by atoms with Crippen LogP contribution in [-0.4, -0.2) is 107 Å². The Kier molecular flexibility index (Phi) is 10.3. The van der Waals surface area contributed by atoms with E-state index in [1.807, 2.05) is 17.0 Å². The van der Waals surface area contributed by atoms with E-state index in [0.29, 0.717) is 43.8 Å². The third-order valence-corrected chi connectivity index (χ3v) is 12.3. The van der Waals surface area contributed by atoms with E-state index in [1.54, 1.807) is 39.2 Å². The third kappa shape index (κ3) is 7.32. The number of carbonyl (C=O) groups is 2. The van der Waals surface area contributed by atoms with Gasteiger partial charge in [0.2, 0.25) is 10.9 Å². The number of allylic oxidation sites excluding steroid dienone is 2. The van der Waals surface area contributed by atoms with E-state index in [1.165, 1.54) is 11.0 Å². The van der Waals surface area contributed by atoms with Crippen LogP contribution >= 0.6 is 11.6 Å². The summed E-state index contributed by atoms with van der Waals surface area (Å²) < 4.78 is 65.1. The van der Waals surface area contributed by atoms with Crippen LogP contribution in [0.3, 0.4) is 0 Å². The fourth-order valence-corrected chi connectivity index (χ4v) is 9.47. The number of nitrogens with zero attached hydrogens (tertiary/aromatic N) is 3. The number of likely N-dealkylation sites (tertiary alicyclic amines) is 3. The zero-order chi connectivity index (χ0) is 35.3. The minimum Gasteiger partial charge on any atom is -0.497 e. The lowest BCUT2D eigenvalue weighted by molar-refractivity contribution is -0.143. The van der Waals surface area contributed by atoms with Crippen LogP contribution in [0.1, 0.15) is 63.9 Å². The fourth-order valence-electron chi connectivity index (χ4n) is 9.25. The van der Waals surface area contributed by atoms with Gasteiger partial charge in [0.05, 0.1) is 18.3 Å². The summed E-state index contributed by atoms with van der Waals surface area (Å²) in [6.45, 7) is 4.65. The summed E-state index contributed by atoms with van der Waals surface area (Å²) in [6.07, 6.45) is 4.28. The lowest BCUT2D eigenvalue weighted by atomic mass is 9.71. The molecular formula is C37H48ClF4N3O4. The van der Waals surface area contributed by atoms with Gasteiger partial charge in [0.25, 0.3) is 5.91 Å². The van der Waals surface area contributed by atoms with E-state index in [2.05, 4.69) is 4.90 Å². The van der Waals surface area contributed by atoms with Crippen molar-refractivity contribution in [1.82, 2.24) is 14.7 Å². The molecule has 6 atom stereocenters. The smallest absolute Gasteiger partial charge is 0.416 e. The van der Waals surface area contributed by atoms with Crippen LogP contribution in [0.5, 0.6) is 5.75 Å². The van der Waals surface area contributed by atoms with Crippen LogP contribution in [-0.2, 0) is 9.59 Å². The molecule has 7 nitrogen and oxygen atoms in total. The van der Waals surface area contributed by atoms with E-state index in [4.69, 9.17) is 16.3 Å². The predicted molar refractivity (Wildman–Crippen MR) is 179 cm³/mol. The van der Waals surface area contributed by atoms with Gasteiger partial charge in [0, 0.05) is 61.9 Å². The van der Waals surface area contributed by atoms with Crippen molar-refractivity contribution in [3.05, 3.63) is 53.6 Å². The largest absolute Gasteiger partial charge is 0.497 e. The van der Waals surface area contributed by atoms with Crippen molar-refractivity contribution >= 4 is 22.8 Å². The third-order valence-electron chi connectivity index (χ3n) is 12.0. The van der Waals surface area contributed by atoms with Gasteiger partial charge in [0.15, 0.2) is 0 Å². The second-order valence-corrected chi connectivity index (χ2v) is 15.7. The van der Waals surface area contributed by atoms with Crippen molar-refractivity contribution in [2.75, 3.05) is 46.4 Å². The van der Waals surface area contributed by atoms with Crippen LogP contribution in [0.25, 0.3) is 0 Å². The second kappa shape index (κ2) is 13.9. The molecule has 5 aliphatic rings. The van der Waals surface area contributed by atoms with E-state index in [-0.39, 0.29) is 31.6 Å². The molecule has 1 aromatic rings. The topological polar surface area (TPSA) is 73.3 Å². The Morgan fingerprint density at radius 2 is 1.63 bits per heavy atom. The summed E-state index contributed by atoms with van der Waals surface area (Å²) in [4.78, 5) is 32.0. The first kappa shape index (κ1) is 36.3. The molecular weight excluding hydrogens is 662 g/mol. The van der Waals surface area contributed by atoms with Gasteiger partial charge in [-0.3, -0.25) is 19.4 Å². The Hall–Kier alpha value is -2.47. The average Bonchev–Trinajstić information content (AvgIpc) is 3.83. The Morgan fingerprint density at radius 3 is 2.20 bits per heavy atom. The summed E-state index contributed by atoms with van der Waals surface area (Å²) in [7, 11) is 1.56. The van der Waals surface area contributed by atoms with E-state index >= 15 is 4.39 Å². The molecule has 270 valence electrons. The Balaban J connectivity index is 1.30. The first-order valence-electron chi connectivity index (χ1n) is 17.6. The number of benzene rings is 1. The Bertz CT molecular complexity index is 1430. The zero-order valence-corrected chi connectivity index (χ0v) is 29.2. The molecule has 0 aromatic heterocycles. The fraction of sp³-hybridized carbons (Fsp3) is 0.676. The predicted octanol–water partition coefficient (Wildman–Crippen LogP) is 6.11. The highest BCUT2D eigenvalue weighted by atomic mass is 35.5. The van der Waals surface area contributed by atoms with Crippen LogP contribution in [0.4, 0.5) is 17.6 Å². The molecule has 2 unspecified atom stereocenters. The van der Waals surface area contributed by atoms with Crippen molar-refractivity contribution < 1.29 is 37.0 Å². The number of rotatable bonds is 8. The van der Waals surface area contributed by atoms with Gasteiger partial charge in [-0.15, -0.1) is 0 Å². The molecule has 1 N–H and O–H groups in total. The van der Waals surface area contributed by atoms with Crippen molar-refractivity contribution in [1.29, 1.82) is 0 Å². The highest BCUT2D eigenvalue weighted by Crippen LogP contribution is 2.48. The zero-order valence-electron chi connectivity index (χ0n) is 28.5. The van der Waals surface area contributed by atoms with Gasteiger partial charge in [-0.2, -0.15) is 13.2 Å². The standard InChI is InChI=1S/C37H48ClF4N3O4/c1-35(2,48)31-21-44(19-29(31)28-13-10-25(37(40,41)42)18-32(28)43-16-14-24(15-17-43)33(38)46)34(47)36(39)22-45(26-6-4-5-7-26)20-30(36)23-8-11-27(49-3)12-9-23/h8-13,18,24,26,28-32,48H,4-7,14-17,19-22H2,1-3H3/t28?,29-,30-,31-,32?,36-/m0/s1. The van der Waals surface area contributed by atoms with Crippen LogP contribution in [0.15, 0.2) is 48.1 Å². The van der Waals surface area contributed by atoms with Crippen molar-refractivity contribution in [3.63, 3.8) is 0 Å². The number of halogens is 5. The maximum absolute atomic E-state index is 17.7. The number of ether oxygens (including phenoxy) is 1. The van der Waals surface area contributed by atoms with Gasteiger partial charge in [-0.05, 0) is 87.8 Å². The van der Waals surface area contributed by atoms with Crippen molar-refractivity contribution in [2.24, 2.45) is 23.7 Å². The Labute approximate surface area is 291 Å². The maximum Gasteiger partial charge on any atom is 0.416 e. The summed E-state index contributed by atoms with van der Waals surface area (Å²) in [5.41, 5.74) is -3.56. The molecule has 12 heteroatoms. The van der Waals surface area contributed by atoms with Crippen LogP contribution in [0.2, 0.25) is 0 Å². The average molecular weight is 710 g/mol. The molecule has 2 aliphatic carbocycles. The van der Waals surface area contributed by atoms with Crippen molar-refractivity contribution in [3.8, 4) is 5.75 Å². The van der Waals surface area contributed by atoms with Crippen LogP contribution in [0, 0.1) is 23.7 Å². The normalized spacial score (nSPS) is 32.6. The summed E-state index contributed by atoms with van der Waals surface area (Å²) in [5, 5.41) is 11.0. The number of alkyl halides is 4. The van der Waals surface area contributed by atoms with Crippen molar-refractivity contribution in [2.45, 2.75) is 87.8 Å². The first-order chi connectivity index (χ1) is 23.1. The summed E-state index contributed by atoms with van der Waals surface area (Å²) in [5.74, 6) is -2.51. The molecule has 4 fully saturated rings. The molecule has 6 rings (SSSR count). The number of hydrogen-bond acceptors (Lipinski definition) is 6. The SMILES string of the molecule is COc1ccc([C@@H]2CN(C3CCCC3)C[C@@]2(F)C(=O)N2C[C@@H](C3C=CC(C(F)(F)F)=CC3N3CCC(C(=O)Cl)CC3)[C@@H](C(C)(C)O)C2)cc1. The van der Waals surface area contributed by atoms with Crippen LogP contribution < -0.4 is 4.74 Å². The monoisotopic (exact) mass is 709 g/mol. The minimum atomic E-state index is -4.55. The molecule has 1 amide bonds. The molecule has 3 aliphatic heterocycles. The van der Waals surface area contributed by atoms with Gasteiger partial charge in [0.1, 0.15) is 5.75 Å². The first-order valence-corrected chi connectivity index (χ1v) is 18.0. The Morgan fingerprint density at radius 1 is 0.980 bits per heavy atom. The molecule has 1 aromatic carbocycles. The molecule has 1 saturated carbocycles. The highest BCUT2D eigenvalue weighted by Gasteiger charge is 2.59. The molecule has 0 bridgehead atoms. The quantitative estimate of drug-likeness (QED) is 0.260. The molecule has 49 heavy (non-hydrogen) atoms. The maximum atomic E-state index is 17.7. The van der Waals surface area contributed by atoms with E-state index in [9.17, 15) is 27.9 Å². The molecule has 0 radical (unpaired) electrons. The van der Waals surface area contributed by atoms with Gasteiger partial charge in [-0.1, -0.05) is 43.2 Å². The minimum absolute atomic E-state index is 0.0284. The lowest BCUT2D eigenvalue weighted by Gasteiger charge is -2.44. The van der Waals surface area contributed by atoms with Gasteiger partial charge >= 0.3 is 6.18 Å².